The van der Waals surface area contributed by atoms with Gasteiger partial charge in [-0.15, -0.1) is 0 Å². The Morgan fingerprint density at radius 3 is 1.58 bits per heavy atom. The van der Waals surface area contributed by atoms with Crippen molar-refractivity contribution in [1.29, 1.82) is 0 Å². The lowest BCUT2D eigenvalue weighted by molar-refractivity contribution is 1.07. The van der Waals surface area contributed by atoms with Crippen molar-refractivity contribution in [2.75, 3.05) is 4.90 Å². The average Bonchev–Trinajstić information content (AvgIpc) is 3.29. The first-order chi connectivity index (χ1) is 28.3. The van der Waals surface area contributed by atoms with Crippen LogP contribution in [0.25, 0.3) is 89.1 Å². The van der Waals surface area contributed by atoms with Crippen molar-refractivity contribution in [3.8, 4) is 67.5 Å². The summed E-state index contributed by atoms with van der Waals surface area (Å²) in [4.78, 5) is 17.5. The number of nitrogens with zero attached hydrogens (tertiary/aromatic N) is 4. The van der Waals surface area contributed by atoms with Gasteiger partial charge in [-0.2, -0.15) is 0 Å². The molecule has 2 heterocycles. The van der Waals surface area contributed by atoms with Crippen molar-refractivity contribution < 1.29 is 0 Å². The van der Waals surface area contributed by atoms with Crippen LogP contribution in [-0.2, 0) is 0 Å². The van der Waals surface area contributed by atoms with Gasteiger partial charge >= 0.3 is 0 Å². The second kappa shape index (κ2) is 13.6. The molecule has 0 radical (unpaired) electrons. The summed E-state index contributed by atoms with van der Waals surface area (Å²) in [5.41, 5.74) is 13.5. The van der Waals surface area contributed by atoms with E-state index in [0.29, 0.717) is 17.5 Å². The molecule has 57 heavy (non-hydrogen) atoms. The minimum Gasteiger partial charge on any atom is -0.309 e. The first-order valence-corrected chi connectivity index (χ1v) is 19.3. The normalized spacial score (nSPS) is 11.8. The highest BCUT2D eigenvalue weighted by Crippen LogP contribution is 2.55. The fourth-order valence-electron chi connectivity index (χ4n) is 8.35. The van der Waals surface area contributed by atoms with Gasteiger partial charge in [-0.1, -0.05) is 182 Å². The molecule has 9 aromatic carbocycles. The second-order valence-electron chi connectivity index (χ2n) is 14.4. The molecule has 4 heteroatoms. The van der Waals surface area contributed by atoms with E-state index in [1.54, 1.807) is 0 Å². The molecule has 0 saturated carbocycles. The van der Waals surface area contributed by atoms with Gasteiger partial charge in [0.15, 0.2) is 17.5 Å². The van der Waals surface area contributed by atoms with Crippen LogP contribution in [0.3, 0.4) is 0 Å². The second-order valence-corrected chi connectivity index (χ2v) is 14.4. The molecule has 1 aliphatic rings. The molecule has 4 nitrogen and oxygen atoms in total. The van der Waals surface area contributed by atoms with E-state index in [4.69, 9.17) is 15.0 Å². The van der Waals surface area contributed by atoms with Crippen LogP contribution >= 0.6 is 0 Å². The Hall–Kier alpha value is -7.69. The molecule has 0 atom stereocenters. The van der Waals surface area contributed by atoms with E-state index in [9.17, 15) is 0 Å². The van der Waals surface area contributed by atoms with Gasteiger partial charge in [0.25, 0.3) is 0 Å². The van der Waals surface area contributed by atoms with Gasteiger partial charge in [-0.25, -0.2) is 15.0 Å². The average molecular weight is 727 g/mol. The molecule has 0 saturated heterocycles. The van der Waals surface area contributed by atoms with Crippen molar-refractivity contribution in [2.45, 2.75) is 0 Å². The Labute approximate surface area is 331 Å². The van der Waals surface area contributed by atoms with Gasteiger partial charge in [0.05, 0.1) is 11.4 Å². The minimum atomic E-state index is 0.639. The molecule has 0 aliphatic carbocycles. The number of para-hydroxylation sites is 2. The topological polar surface area (TPSA) is 41.9 Å². The maximum atomic E-state index is 5.06. The molecule has 1 aromatic heterocycles. The van der Waals surface area contributed by atoms with Gasteiger partial charge in [0, 0.05) is 38.9 Å². The molecule has 266 valence electrons. The fourth-order valence-corrected chi connectivity index (χ4v) is 8.35. The van der Waals surface area contributed by atoms with Gasteiger partial charge < -0.3 is 4.90 Å². The van der Waals surface area contributed by atoms with E-state index in [0.717, 1.165) is 33.3 Å². The third-order valence-corrected chi connectivity index (χ3v) is 11.0. The smallest absolute Gasteiger partial charge is 0.164 e. The molecular formula is C53H34N4. The lowest BCUT2D eigenvalue weighted by Gasteiger charge is -2.35. The summed E-state index contributed by atoms with van der Waals surface area (Å²) in [7, 11) is 0. The number of anilines is 3. The Balaban J connectivity index is 1.04. The van der Waals surface area contributed by atoms with Crippen molar-refractivity contribution in [1.82, 2.24) is 15.0 Å². The highest BCUT2D eigenvalue weighted by molar-refractivity contribution is 6.19. The maximum Gasteiger partial charge on any atom is 0.164 e. The van der Waals surface area contributed by atoms with Crippen LogP contribution in [0.2, 0.25) is 0 Å². The first-order valence-electron chi connectivity index (χ1n) is 19.3. The summed E-state index contributed by atoms with van der Waals surface area (Å²) >= 11 is 0. The van der Waals surface area contributed by atoms with Gasteiger partial charge in [-0.05, 0) is 62.7 Å². The van der Waals surface area contributed by atoms with Crippen LogP contribution in [0, 0.1) is 0 Å². The van der Waals surface area contributed by atoms with Crippen LogP contribution in [0.4, 0.5) is 17.1 Å². The number of rotatable bonds is 6. The van der Waals surface area contributed by atoms with E-state index in [1.165, 1.54) is 55.4 Å². The molecule has 0 fully saturated rings. The number of hydrogen-bond acceptors (Lipinski definition) is 4. The van der Waals surface area contributed by atoms with Gasteiger partial charge in [-0.3, -0.25) is 0 Å². The summed E-state index contributed by atoms with van der Waals surface area (Å²) in [6.45, 7) is 0. The molecule has 0 bridgehead atoms. The number of hydrogen-bond donors (Lipinski definition) is 0. The lowest BCUT2D eigenvalue weighted by Crippen LogP contribution is -2.16. The third kappa shape index (κ3) is 5.66. The van der Waals surface area contributed by atoms with E-state index < -0.39 is 0 Å². The number of fused-ring (bicyclic) bond motifs is 3. The Morgan fingerprint density at radius 1 is 0.316 bits per heavy atom. The highest BCUT2D eigenvalue weighted by atomic mass is 15.2. The minimum absolute atomic E-state index is 0.639. The fraction of sp³-hybridized carbons (Fsp3) is 0. The zero-order chi connectivity index (χ0) is 37.7. The SMILES string of the molecule is c1ccc(-c2nc(-c3ccc(-c4ccc5c6c(cccc46)-c4cccc(-c6ccccc6)c4N5c4ccccc4)cc3)nc(-c3ccc4ccccc4c3)n2)cc1. The zero-order valence-electron chi connectivity index (χ0n) is 30.9. The Kier molecular flexibility index (Phi) is 7.78. The Morgan fingerprint density at radius 2 is 0.842 bits per heavy atom. The molecule has 0 N–H and O–H groups in total. The standard InChI is InChI=1S/C53H34N4/c1-4-15-36(16-5-1)44-22-12-25-47-46-24-13-23-45-43(32-33-48(49(45)46)57(50(44)47)42-20-8-3-9-21-42)37-27-29-39(30-28-37)52-54-51(38-17-6-2-7-18-38)55-53(56-52)41-31-26-35-14-10-11-19-40(35)34-41/h1-34H. The first kappa shape index (κ1) is 32.7. The summed E-state index contributed by atoms with van der Waals surface area (Å²) in [6, 6.07) is 73.0. The summed E-state index contributed by atoms with van der Waals surface area (Å²) in [5, 5.41) is 4.78. The Bertz CT molecular complexity index is 3110. The molecule has 11 rings (SSSR count). The lowest BCUT2D eigenvalue weighted by atomic mass is 9.85. The van der Waals surface area contributed by atoms with Gasteiger partial charge in [0.1, 0.15) is 0 Å². The zero-order valence-corrected chi connectivity index (χ0v) is 30.9. The number of aromatic nitrogens is 3. The van der Waals surface area contributed by atoms with Gasteiger partial charge in [0.2, 0.25) is 0 Å². The van der Waals surface area contributed by atoms with Crippen molar-refractivity contribution in [2.24, 2.45) is 0 Å². The van der Waals surface area contributed by atoms with E-state index >= 15 is 0 Å². The monoisotopic (exact) mass is 726 g/mol. The summed E-state index contributed by atoms with van der Waals surface area (Å²) in [6.07, 6.45) is 0. The molecular weight excluding hydrogens is 693 g/mol. The van der Waals surface area contributed by atoms with Crippen LogP contribution < -0.4 is 4.90 Å². The van der Waals surface area contributed by atoms with Crippen LogP contribution in [0.15, 0.2) is 206 Å². The maximum absolute atomic E-state index is 5.06. The van der Waals surface area contributed by atoms with Crippen molar-refractivity contribution in [3.05, 3.63) is 206 Å². The van der Waals surface area contributed by atoms with E-state index in [-0.39, 0.29) is 0 Å². The van der Waals surface area contributed by atoms with Crippen molar-refractivity contribution >= 4 is 38.6 Å². The molecule has 0 spiro atoms. The van der Waals surface area contributed by atoms with Crippen LogP contribution in [0.5, 0.6) is 0 Å². The summed E-state index contributed by atoms with van der Waals surface area (Å²) in [5.74, 6) is 1.94. The van der Waals surface area contributed by atoms with Crippen LogP contribution in [0.1, 0.15) is 0 Å². The third-order valence-electron chi connectivity index (χ3n) is 11.0. The number of benzene rings is 9. The molecule has 1 aliphatic heterocycles. The predicted octanol–water partition coefficient (Wildman–Crippen LogP) is 14.0. The van der Waals surface area contributed by atoms with Crippen LogP contribution in [-0.4, -0.2) is 15.0 Å². The summed E-state index contributed by atoms with van der Waals surface area (Å²) < 4.78 is 0. The van der Waals surface area contributed by atoms with E-state index in [2.05, 4.69) is 181 Å². The quantitative estimate of drug-likeness (QED) is 0.171. The van der Waals surface area contributed by atoms with Crippen molar-refractivity contribution in [3.63, 3.8) is 0 Å². The van der Waals surface area contributed by atoms with E-state index in [1.807, 2.05) is 30.3 Å². The highest BCUT2D eigenvalue weighted by Gasteiger charge is 2.29. The predicted molar refractivity (Wildman–Crippen MR) is 236 cm³/mol. The molecule has 0 amide bonds. The largest absolute Gasteiger partial charge is 0.309 e. The molecule has 0 unspecified atom stereocenters. The molecule has 10 aromatic rings.